The lowest BCUT2D eigenvalue weighted by molar-refractivity contribution is 0.343. The molecule has 1 heterocycles. The Hall–Kier alpha value is -0.590. The van der Waals surface area contributed by atoms with Crippen LogP contribution in [0.2, 0.25) is 0 Å². The largest absolute Gasteiger partial charge is 0.493 e. The van der Waals surface area contributed by atoms with Crippen LogP contribution in [0, 0.1) is 0 Å². The molecule has 1 unspecified atom stereocenters. The van der Waals surface area contributed by atoms with Crippen molar-refractivity contribution in [2.45, 2.75) is 31.1 Å². The van der Waals surface area contributed by atoms with Gasteiger partial charge in [0.2, 0.25) is 0 Å². The van der Waals surface area contributed by atoms with Crippen LogP contribution in [-0.4, -0.2) is 33.1 Å². The molecular weight excluding hydrogens is 342 g/mol. The molecule has 2 rings (SSSR count). The number of rotatable bonds is 4. The summed E-state index contributed by atoms with van der Waals surface area (Å²) in [6.45, 7) is 4.13. The first kappa shape index (κ1) is 15.8. The van der Waals surface area contributed by atoms with Crippen LogP contribution < -0.4 is 10.1 Å². The Morgan fingerprint density at radius 3 is 2.60 bits per heavy atom. The van der Waals surface area contributed by atoms with E-state index in [-0.39, 0.29) is 6.04 Å². The molecule has 0 fully saturated rings. The molecule has 1 aliphatic rings. The van der Waals surface area contributed by atoms with Crippen LogP contribution in [0.25, 0.3) is 0 Å². The van der Waals surface area contributed by atoms with E-state index >= 15 is 0 Å². The molecule has 0 saturated carbocycles. The summed E-state index contributed by atoms with van der Waals surface area (Å²) in [4.78, 5) is 0. The lowest BCUT2D eigenvalue weighted by Gasteiger charge is -2.33. The first-order chi connectivity index (χ1) is 9.18. The number of fused-ring (bicyclic) bond motifs is 1. The minimum Gasteiger partial charge on any atom is -0.493 e. The second-order valence-electron chi connectivity index (χ2n) is 5.68. The van der Waals surface area contributed by atoms with E-state index in [1.807, 2.05) is 12.1 Å². The molecule has 1 aromatic rings. The predicted molar refractivity (Wildman–Crippen MR) is 84.1 cm³/mol. The number of halogens is 1. The average molecular weight is 362 g/mol. The Morgan fingerprint density at radius 1 is 1.40 bits per heavy atom. The van der Waals surface area contributed by atoms with Gasteiger partial charge in [0, 0.05) is 22.7 Å². The Labute approximate surface area is 129 Å². The molecule has 0 bridgehead atoms. The molecule has 1 aliphatic heterocycles. The zero-order chi connectivity index (χ0) is 15.1. The van der Waals surface area contributed by atoms with Gasteiger partial charge in [0.25, 0.3) is 0 Å². The third-order valence-electron chi connectivity index (χ3n) is 4.03. The Balaban J connectivity index is 2.60. The fourth-order valence-electron chi connectivity index (χ4n) is 2.60. The molecule has 0 radical (unpaired) electrons. The Morgan fingerprint density at radius 2 is 2.05 bits per heavy atom. The van der Waals surface area contributed by atoms with Crippen LogP contribution in [0.1, 0.15) is 31.0 Å². The van der Waals surface area contributed by atoms with Gasteiger partial charge in [-0.05, 0) is 38.6 Å². The van der Waals surface area contributed by atoms with E-state index in [0.29, 0.717) is 6.61 Å². The van der Waals surface area contributed by atoms with Crippen molar-refractivity contribution >= 4 is 25.8 Å². The Kier molecular flexibility index (Phi) is 4.19. The van der Waals surface area contributed by atoms with Crippen molar-refractivity contribution in [1.29, 1.82) is 0 Å². The van der Waals surface area contributed by atoms with E-state index < -0.39 is 14.6 Å². The zero-order valence-corrected chi connectivity index (χ0v) is 14.6. The third-order valence-corrected chi connectivity index (χ3v) is 6.63. The van der Waals surface area contributed by atoms with Crippen molar-refractivity contribution in [1.82, 2.24) is 5.32 Å². The first-order valence-corrected chi connectivity index (χ1v) is 9.19. The predicted octanol–water partition coefficient (Wildman–Crippen LogP) is 2.47. The number of benzene rings is 1. The van der Waals surface area contributed by atoms with Crippen molar-refractivity contribution < 1.29 is 13.2 Å². The van der Waals surface area contributed by atoms with Crippen LogP contribution in [0.4, 0.5) is 0 Å². The van der Waals surface area contributed by atoms with Gasteiger partial charge < -0.3 is 10.1 Å². The number of ether oxygens (including phenoxy) is 1. The molecule has 0 aliphatic carbocycles. The lowest BCUT2D eigenvalue weighted by atomic mass is 9.93. The van der Waals surface area contributed by atoms with Gasteiger partial charge in [0.1, 0.15) is 5.75 Å². The van der Waals surface area contributed by atoms with E-state index in [4.69, 9.17) is 4.74 Å². The van der Waals surface area contributed by atoms with Crippen molar-refractivity contribution in [3.8, 4) is 5.75 Å². The van der Waals surface area contributed by atoms with E-state index in [0.717, 1.165) is 27.8 Å². The number of nitrogens with one attached hydrogen (secondary N) is 1. The van der Waals surface area contributed by atoms with Gasteiger partial charge >= 0.3 is 0 Å². The standard InChI is InChI=1S/C14H20BrNO3S/c1-14(2,20(4,17)18)13(16-3)11-8-10(15)7-9-5-6-19-12(9)11/h7-8,13,16H,5-6H2,1-4H3. The number of hydrogen-bond acceptors (Lipinski definition) is 4. The second kappa shape index (κ2) is 5.31. The summed E-state index contributed by atoms with van der Waals surface area (Å²) in [6.07, 6.45) is 2.13. The number of hydrogen-bond donors (Lipinski definition) is 1. The number of sulfone groups is 1. The van der Waals surface area contributed by atoms with Crippen LogP contribution in [0.3, 0.4) is 0 Å². The van der Waals surface area contributed by atoms with Gasteiger partial charge in [-0.3, -0.25) is 0 Å². The average Bonchev–Trinajstić information content (AvgIpc) is 2.75. The van der Waals surface area contributed by atoms with Gasteiger partial charge in [0.15, 0.2) is 9.84 Å². The van der Waals surface area contributed by atoms with Crippen LogP contribution in [0.15, 0.2) is 16.6 Å². The molecule has 4 nitrogen and oxygen atoms in total. The maximum absolute atomic E-state index is 12.1. The Bertz CT molecular complexity index is 626. The summed E-state index contributed by atoms with van der Waals surface area (Å²) < 4.78 is 30.0. The first-order valence-electron chi connectivity index (χ1n) is 6.50. The minimum absolute atomic E-state index is 0.332. The van der Waals surface area contributed by atoms with Gasteiger partial charge in [-0.1, -0.05) is 15.9 Å². The fourth-order valence-corrected chi connectivity index (χ4v) is 3.80. The topological polar surface area (TPSA) is 55.4 Å². The van der Waals surface area contributed by atoms with Crippen LogP contribution in [0.5, 0.6) is 5.75 Å². The lowest BCUT2D eigenvalue weighted by Crippen LogP contribution is -2.44. The molecule has 0 saturated heterocycles. The van der Waals surface area contributed by atoms with E-state index in [9.17, 15) is 8.42 Å². The fraction of sp³-hybridized carbons (Fsp3) is 0.571. The molecule has 1 N–H and O–H groups in total. The summed E-state index contributed by atoms with van der Waals surface area (Å²) in [6, 6.07) is 3.64. The maximum Gasteiger partial charge on any atom is 0.154 e. The van der Waals surface area contributed by atoms with E-state index in [2.05, 4.69) is 21.2 Å². The second-order valence-corrected chi connectivity index (χ2v) is 9.19. The molecule has 1 atom stereocenters. The maximum atomic E-state index is 12.1. The summed E-state index contributed by atoms with van der Waals surface area (Å²) in [5.74, 6) is 0.823. The van der Waals surface area contributed by atoms with Crippen molar-refractivity contribution in [3.63, 3.8) is 0 Å². The van der Waals surface area contributed by atoms with Crippen LogP contribution in [-0.2, 0) is 16.3 Å². The van der Waals surface area contributed by atoms with Gasteiger partial charge in [-0.15, -0.1) is 0 Å². The molecule has 0 aromatic heterocycles. The van der Waals surface area contributed by atoms with Crippen LogP contribution >= 0.6 is 15.9 Å². The van der Waals surface area contributed by atoms with E-state index in [1.54, 1.807) is 20.9 Å². The molecule has 6 heteroatoms. The van der Waals surface area contributed by atoms with Crippen molar-refractivity contribution in [3.05, 3.63) is 27.7 Å². The summed E-state index contributed by atoms with van der Waals surface area (Å²) in [7, 11) is -1.45. The van der Waals surface area contributed by atoms with E-state index in [1.165, 1.54) is 6.26 Å². The third kappa shape index (κ3) is 2.61. The summed E-state index contributed by atoms with van der Waals surface area (Å²) >= 11 is 3.50. The summed E-state index contributed by atoms with van der Waals surface area (Å²) in [5, 5.41) is 3.14. The monoisotopic (exact) mass is 361 g/mol. The molecule has 0 amide bonds. The normalized spacial score (nSPS) is 16.6. The highest BCUT2D eigenvalue weighted by atomic mass is 79.9. The molecule has 0 spiro atoms. The highest BCUT2D eigenvalue weighted by Gasteiger charge is 2.41. The highest BCUT2D eigenvalue weighted by Crippen LogP contribution is 2.41. The minimum atomic E-state index is -3.23. The zero-order valence-electron chi connectivity index (χ0n) is 12.2. The van der Waals surface area contributed by atoms with Gasteiger partial charge in [0.05, 0.1) is 17.4 Å². The SMILES string of the molecule is CNC(c1cc(Br)cc2c1OCC2)C(C)(C)S(C)(=O)=O. The quantitative estimate of drug-likeness (QED) is 0.894. The highest BCUT2D eigenvalue weighted by molar-refractivity contribution is 9.10. The van der Waals surface area contributed by atoms with Crippen molar-refractivity contribution in [2.75, 3.05) is 19.9 Å². The molecular formula is C14H20BrNO3S. The molecule has 1 aromatic carbocycles. The van der Waals surface area contributed by atoms with Crippen molar-refractivity contribution in [2.24, 2.45) is 0 Å². The smallest absolute Gasteiger partial charge is 0.154 e. The molecule has 20 heavy (non-hydrogen) atoms. The molecule has 112 valence electrons. The van der Waals surface area contributed by atoms with Gasteiger partial charge in [-0.25, -0.2) is 8.42 Å². The van der Waals surface area contributed by atoms with Gasteiger partial charge in [-0.2, -0.15) is 0 Å². The summed E-state index contributed by atoms with van der Waals surface area (Å²) in [5.41, 5.74) is 2.02.